The van der Waals surface area contributed by atoms with Gasteiger partial charge in [0.15, 0.2) is 5.76 Å². The first-order valence-corrected chi connectivity index (χ1v) is 12.6. The van der Waals surface area contributed by atoms with Crippen LogP contribution in [0.5, 0.6) is 11.5 Å². The fourth-order valence-electron chi connectivity index (χ4n) is 3.94. The molecule has 4 rings (SSSR count). The maximum absolute atomic E-state index is 13.1. The molecule has 1 N–H and O–H groups in total. The van der Waals surface area contributed by atoms with E-state index < -0.39 is 10.0 Å². The van der Waals surface area contributed by atoms with Crippen molar-refractivity contribution in [3.8, 4) is 28.8 Å². The van der Waals surface area contributed by atoms with E-state index in [4.69, 9.17) is 13.9 Å². The van der Waals surface area contributed by atoms with Gasteiger partial charge >= 0.3 is 6.03 Å². The fourth-order valence-corrected chi connectivity index (χ4v) is 4.89. The van der Waals surface area contributed by atoms with Gasteiger partial charge in [0.05, 0.1) is 26.2 Å². The van der Waals surface area contributed by atoms with Crippen molar-refractivity contribution in [3.05, 3.63) is 36.6 Å². The summed E-state index contributed by atoms with van der Waals surface area (Å²) in [7, 11) is 0.766. The monoisotopic (exact) mass is 504 g/mol. The van der Waals surface area contributed by atoms with E-state index in [0.29, 0.717) is 29.5 Å². The van der Waals surface area contributed by atoms with Crippen LogP contribution in [0.3, 0.4) is 0 Å². The normalized spacial score (nSPS) is 16.5. The van der Waals surface area contributed by atoms with E-state index in [0.717, 1.165) is 6.42 Å². The van der Waals surface area contributed by atoms with Crippen LogP contribution in [-0.4, -0.2) is 85.2 Å². The van der Waals surface area contributed by atoms with Crippen LogP contribution < -0.4 is 14.2 Å². The lowest BCUT2D eigenvalue weighted by Gasteiger charge is -2.38. The Morgan fingerprint density at radius 3 is 2.49 bits per heavy atom. The molecule has 0 aliphatic carbocycles. The third kappa shape index (κ3) is 4.90. The highest BCUT2D eigenvalue weighted by atomic mass is 32.2. The van der Waals surface area contributed by atoms with Crippen LogP contribution in [0, 0.1) is 0 Å². The quantitative estimate of drug-likeness (QED) is 0.470. The summed E-state index contributed by atoms with van der Waals surface area (Å²) in [5.74, 6) is 1.04. The Labute approximate surface area is 203 Å². The van der Waals surface area contributed by atoms with Gasteiger partial charge in [-0.1, -0.05) is 6.07 Å². The van der Waals surface area contributed by atoms with Crippen molar-refractivity contribution < 1.29 is 27.1 Å². The number of amides is 2. The first kappa shape index (κ1) is 24.4. The molecule has 0 bridgehead atoms. The number of aromatic nitrogens is 3. The average molecular weight is 505 g/mol. The van der Waals surface area contributed by atoms with Gasteiger partial charge in [-0.3, -0.25) is 9.29 Å². The second kappa shape index (κ2) is 9.86. The number of hydrogen-bond acceptors (Lipinski definition) is 8. The van der Waals surface area contributed by atoms with Crippen molar-refractivity contribution in [2.45, 2.75) is 19.4 Å². The van der Waals surface area contributed by atoms with Crippen molar-refractivity contribution >= 4 is 22.0 Å². The number of anilines is 1. The largest absolute Gasteiger partial charge is 0.494 e. The predicted molar refractivity (Wildman–Crippen MR) is 128 cm³/mol. The minimum atomic E-state index is -3.92. The van der Waals surface area contributed by atoms with Crippen LogP contribution >= 0.6 is 0 Å². The molecule has 1 aliphatic heterocycles. The summed E-state index contributed by atoms with van der Waals surface area (Å²) in [4.78, 5) is 15.6. The van der Waals surface area contributed by atoms with Crippen molar-refractivity contribution in [1.82, 2.24) is 24.6 Å². The maximum Gasteiger partial charge on any atom is 0.320 e. The third-order valence-corrected chi connectivity index (χ3v) is 7.08. The average Bonchev–Trinajstić information content (AvgIpc) is 3.50. The number of rotatable bonds is 9. The standard InChI is InChI=1S/C22H28N6O6S/c1-15-10-11-26(2)22(29)27(15)12-14-35(30,31)25-21-24-23-20(18-9-6-13-34-18)28(21)19-16(32-3)7-5-8-17(19)33-4/h5-9,13,15H,10-12,14H2,1-4H3,(H,24,25)/t15-/m0/s1. The maximum atomic E-state index is 13.1. The summed E-state index contributed by atoms with van der Waals surface area (Å²) in [6.45, 7) is 2.59. The summed E-state index contributed by atoms with van der Waals surface area (Å²) in [5.41, 5.74) is 0.396. The van der Waals surface area contributed by atoms with Gasteiger partial charge < -0.3 is 23.7 Å². The molecule has 1 aliphatic rings. The molecule has 3 heterocycles. The van der Waals surface area contributed by atoms with Crippen molar-refractivity contribution in [1.29, 1.82) is 0 Å². The van der Waals surface area contributed by atoms with Gasteiger partial charge in [-0.15, -0.1) is 10.2 Å². The summed E-state index contributed by atoms with van der Waals surface area (Å²) >= 11 is 0. The second-order valence-electron chi connectivity index (χ2n) is 8.13. The van der Waals surface area contributed by atoms with Gasteiger partial charge in [-0.2, -0.15) is 0 Å². The number of carbonyl (C=O) groups excluding carboxylic acids is 1. The number of carbonyl (C=O) groups is 1. The number of methoxy groups -OCH3 is 2. The molecule has 1 atom stereocenters. The first-order chi connectivity index (χ1) is 16.8. The lowest BCUT2D eigenvalue weighted by atomic mass is 10.1. The molecule has 188 valence electrons. The molecule has 1 saturated heterocycles. The van der Waals surface area contributed by atoms with E-state index in [2.05, 4.69) is 14.9 Å². The van der Waals surface area contributed by atoms with Crippen LogP contribution in [0.1, 0.15) is 13.3 Å². The Morgan fingerprint density at radius 1 is 1.14 bits per heavy atom. The van der Waals surface area contributed by atoms with Crippen LogP contribution in [0.4, 0.5) is 10.7 Å². The Bertz CT molecular complexity index is 1270. The van der Waals surface area contributed by atoms with Gasteiger partial charge in [-0.05, 0) is 37.6 Å². The van der Waals surface area contributed by atoms with Gasteiger partial charge in [0.2, 0.25) is 21.8 Å². The third-order valence-electron chi connectivity index (χ3n) is 5.86. The molecule has 12 nitrogen and oxygen atoms in total. The number of sulfonamides is 1. The zero-order valence-corrected chi connectivity index (χ0v) is 20.8. The zero-order chi connectivity index (χ0) is 25.2. The summed E-state index contributed by atoms with van der Waals surface area (Å²) < 4.78 is 46.7. The smallest absolute Gasteiger partial charge is 0.320 e. The minimum Gasteiger partial charge on any atom is -0.494 e. The molecule has 1 fully saturated rings. The van der Waals surface area contributed by atoms with E-state index in [1.807, 2.05) is 6.92 Å². The number of urea groups is 1. The highest BCUT2D eigenvalue weighted by molar-refractivity contribution is 7.92. The topological polar surface area (TPSA) is 132 Å². The van der Waals surface area contributed by atoms with Crippen LogP contribution in [0.2, 0.25) is 0 Å². The molecule has 35 heavy (non-hydrogen) atoms. The summed E-state index contributed by atoms with van der Waals surface area (Å²) in [6.07, 6.45) is 2.25. The van der Waals surface area contributed by atoms with E-state index >= 15 is 0 Å². The number of hydrogen-bond donors (Lipinski definition) is 1. The second-order valence-corrected chi connectivity index (χ2v) is 9.97. The fraction of sp³-hybridized carbons (Fsp3) is 0.409. The van der Waals surface area contributed by atoms with Gasteiger partial charge in [-0.25, -0.2) is 13.2 Å². The Morgan fingerprint density at radius 2 is 1.86 bits per heavy atom. The number of para-hydroxylation sites is 1. The molecular weight excluding hydrogens is 476 g/mol. The minimum absolute atomic E-state index is 0.0385. The first-order valence-electron chi connectivity index (χ1n) is 11.0. The van der Waals surface area contributed by atoms with Crippen molar-refractivity contribution in [3.63, 3.8) is 0 Å². The highest BCUT2D eigenvalue weighted by Gasteiger charge is 2.31. The Balaban J connectivity index is 1.69. The number of benzene rings is 1. The molecule has 2 amide bonds. The number of nitrogens with one attached hydrogen (secondary N) is 1. The number of furan rings is 1. The number of ether oxygens (including phenoxy) is 2. The van der Waals surface area contributed by atoms with E-state index in [9.17, 15) is 13.2 Å². The summed E-state index contributed by atoms with van der Waals surface area (Å²) in [5, 5.41) is 8.25. The molecule has 0 spiro atoms. The number of nitrogens with zero attached hydrogens (tertiary/aromatic N) is 5. The van der Waals surface area contributed by atoms with Crippen molar-refractivity contribution in [2.24, 2.45) is 0 Å². The summed E-state index contributed by atoms with van der Waals surface area (Å²) in [6, 6.07) is 8.29. The molecular formula is C22H28N6O6S. The molecule has 13 heteroatoms. The lowest BCUT2D eigenvalue weighted by molar-refractivity contribution is 0.118. The SMILES string of the molecule is COc1cccc(OC)c1-n1c(NS(=O)(=O)CCN2C(=O)N(C)CC[C@@H]2C)nnc1-c1ccco1. The van der Waals surface area contributed by atoms with Gasteiger partial charge in [0, 0.05) is 26.2 Å². The predicted octanol–water partition coefficient (Wildman–Crippen LogP) is 2.43. The zero-order valence-electron chi connectivity index (χ0n) is 20.0. The van der Waals surface area contributed by atoms with E-state index in [1.54, 1.807) is 47.2 Å². The molecule has 3 aromatic rings. The van der Waals surface area contributed by atoms with Crippen LogP contribution in [-0.2, 0) is 10.0 Å². The van der Waals surface area contributed by atoms with Crippen LogP contribution in [0.15, 0.2) is 41.0 Å². The molecule has 1 aromatic carbocycles. The van der Waals surface area contributed by atoms with Gasteiger partial charge in [0.1, 0.15) is 17.2 Å². The van der Waals surface area contributed by atoms with Gasteiger partial charge in [0.25, 0.3) is 0 Å². The lowest BCUT2D eigenvalue weighted by Crippen LogP contribution is -2.53. The molecule has 2 aromatic heterocycles. The van der Waals surface area contributed by atoms with E-state index in [-0.39, 0.29) is 36.1 Å². The highest BCUT2D eigenvalue weighted by Crippen LogP contribution is 2.37. The van der Waals surface area contributed by atoms with Crippen molar-refractivity contribution in [2.75, 3.05) is 44.8 Å². The molecule has 0 radical (unpaired) electrons. The molecule has 0 unspecified atom stereocenters. The van der Waals surface area contributed by atoms with Crippen LogP contribution in [0.25, 0.3) is 17.3 Å². The Hall–Kier alpha value is -3.74. The molecule has 0 saturated carbocycles. The Kier molecular flexibility index (Phi) is 6.87. The van der Waals surface area contributed by atoms with E-state index in [1.165, 1.54) is 25.0 Å².